The van der Waals surface area contributed by atoms with Crippen molar-refractivity contribution in [3.8, 4) is 11.8 Å². The number of rotatable bonds is 7. The van der Waals surface area contributed by atoms with E-state index in [4.69, 9.17) is 16.3 Å². The molecule has 3 aromatic rings. The molecule has 0 fully saturated rings. The lowest BCUT2D eigenvalue weighted by Crippen LogP contribution is -2.48. The van der Waals surface area contributed by atoms with Crippen molar-refractivity contribution < 1.29 is 14.6 Å². The Morgan fingerprint density at radius 1 is 1.00 bits per heavy atom. The highest BCUT2D eigenvalue weighted by atomic mass is 35.5. The first-order valence-electron chi connectivity index (χ1n) is 9.61. The van der Waals surface area contributed by atoms with Gasteiger partial charge in [-0.15, -0.1) is 0 Å². The number of hydrogen-bond acceptors (Lipinski definition) is 3. The Morgan fingerprint density at radius 3 is 2.17 bits per heavy atom. The lowest BCUT2D eigenvalue weighted by atomic mass is 9.66. The Hall–Kier alpha value is -3.29. The Balaban J connectivity index is 2.28. The molecule has 3 rings (SSSR count). The van der Waals surface area contributed by atoms with Crippen molar-refractivity contribution in [2.24, 2.45) is 5.92 Å². The first kappa shape index (κ1) is 21.4. The average Bonchev–Trinajstić information content (AvgIpc) is 2.75. The third kappa shape index (κ3) is 3.90. The van der Waals surface area contributed by atoms with Gasteiger partial charge in [0.05, 0.1) is 5.56 Å². The Bertz CT molecular complexity index is 1060. The maximum atomic E-state index is 12.9. The van der Waals surface area contributed by atoms with Crippen LogP contribution < -0.4 is 4.74 Å². The summed E-state index contributed by atoms with van der Waals surface area (Å²) in [5.41, 5.74) is 0.209. The SMILES string of the molecule is CC(C)C(C(=O)O)(c1ccc(Cl)cc1)C(Oc1ccccc1C#N)c1ccccc1. The number of benzene rings is 3. The van der Waals surface area contributed by atoms with E-state index in [1.165, 1.54) is 0 Å². The van der Waals surface area contributed by atoms with Crippen molar-refractivity contribution in [1.29, 1.82) is 5.26 Å². The van der Waals surface area contributed by atoms with E-state index >= 15 is 0 Å². The lowest BCUT2D eigenvalue weighted by molar-refractivity contribution is -0.151. The number of halogens is 1. The maximum absolute atomic E-state index is 12.9. The van der Waals surface area contributed by atoms with Crippen LogP contribution in [-0.4, -0.2) is 11.1 Å². The molecule has 5 heteroatoms. The minimum atomic E-state index is -1.42. The molecule has 0 aromatic heterocycles. The molecule has 0 spiro atoms. The van der Waals surface area contributed by atoms with Gasteiger partial charge in [-0.3, -0.25) is 4.79 Å². The Morgan fingerprint density at radius 2 is 1.60 bits per heavy atom. The van der Waals surface area contributed by atoms with E-state index in [-0.39, 0.29) is 5.92 Å². The van der Waals surface area contributed by atoms with Gasteiger partial charge in [0.1, 0.15) is 23.3 Å². The summed E-state index contributed by atoms with van der Waals surface area (Å²) in [5, 5.41) is 20.6. The molecule has 0 aliphatic heterocycles. The second-order valence-electron chi connectivity index (χ2n) is 7.35. The molecule has 0 radical (unpaired) electrons. The van der Waals surface area contributed by atoms with Crippen molar-refractivity contribution in [2.75, 3.05) is 0 Å². The number of carboxylic acid groups (broad SMARTS) is 1. The number of hydrogen-bond donors (Lipinski definition) is 1. The lowest BCUT2D eigenvalue weighted by Gasteiger charge is -2.41. The van der Waals surface area contributed by atoms with Gasteiger partial charge in [-0.25, -0.2) is 0 Å². The van der Waals surface area contributed by atoms with Crippen molar-refractivity contribution >= 4 is 17.6 Å². The second-order valence-corrected chi connectivity index (χ2v) is 7.79. The summed E-state index contributed by atoms with van der Waals surface area (Å²) in [6.07, 6.45) is -0.883. The first-order valence-corrected chi connectivity index (χ1v) is 9.99. The third-order valence-electron chi connectivity index (χ3n) is 5.35. The average molecular weight is 420 g/mol. The minimum Gasteiger partial charge on any atom is -0.483 e. The van der Waals surface area contributed by atoms with Gasteiger partial charge >= 0.3 is 5.97 Å². The molecular formula is C25H22ClNO3. The van der Waals surface area contributed by atoms with Crippen LogP contribution in [0.3, 0.4) is 0 Å². The maximum Gasteiger partial charge on any atom is 0.318 e. The monoisotopic (exact) mass is 419 g/mol. The van der Waals surface area contributed by atoms with E-state index in [1.807, 2.05) is 44.2 Å². The topological polar surface area (TPSA) is 70.3 Å². The highest BCUT2D eigenvalue weighted by Gasteiger charge is 2.52. The van der Waals surface area contributed by atoms with Crippen molar-refractivity contribution in [2.45, 2.75) is 25.4 Å². The Kier molecular flexibility index (Phi) is 6.44. The molecular weight excluding hydrogens is 398 g/mol. The number of nitriles is 1. The van der Waals surface area contributed by atoms with Gasteiger partial charge in [0, 0.05) is 5.02 Å². The fourth-order valence-electron chi connectivity index (χ4n) is 3.84. The zero-order valence-electron chi connectivity index (χ0n) is 16.7. The normalized spacial score (nSPS) is 13.8. The molecule has 0 saturated heterocycles. The summed E-state index contributed by atoms with van der Waals surface area (Å²) in [4.78, 5) is 12.9. The van der Waals surface area contributed by atoms with Gasteiger partial charge in [-0.2, -0.15) is 5.26 Å². The molecule has 152 valence electrons. The van der Waals surface area contributed by atoms with Gasteiger partial charge in [0.2, 0.25) is 0 Å². The van der Waals surface area contributed by atoms with Crippen molar-refractivity contribution in [3.05, 3.63) is 101 Å². The van der Waals surface area contributed by atoms with Crippen molar-refractivity contribution in [1.82, 2.24) is 0 Å². The van der Waals surface area contributed by atoms with Crippen molar-refractivity contribution in [3.63, 3.8) is 0 Å². The molecule has 4 nitrogen and oxygen atoms in total. The van der Waals surface area contributed by atoms with E-state index in [2.05, 4.69) is 6.07 Å². The molecule has 0 heterocycles. The summed E-state index contributed by atoms with van der Waals surface area (Å²) in [6.45, 7) is 3.72. The third-order valence-corrected chi connectivity index (χ3v) is 5.61. The molecule has 0 bridgehead atoms. The summed E-state index contributed by atoms with van der Waals surface area (Å²) in [6, 6.07) is 25.0. The standard InChI is InChI=1S/C25H22ClNO3/c1-17(2)25(24(28)29,20-12-14-21(26)15-13-20)23(18-8-4-3-5-9-18)30-22-11-7-6-10-19(22)16-27/h3-15,17,23H,1-2H3,(H,28,29). The highest BCUT2D eigenvalue weighted by Crippen LogP contribution is 2.47. The number of aliphatic carboxylic acids is 1. The number of nitrogens with zero attached hydrogens (tertiary/aromatic N) is 1. The van der Waals surface area contributed by atoms with Gasteiger partial charge < -0.3 is 9.84 Å². The minimum absolute atomic E-state index is 0.337. The van der Waals surface area contributed by atoms with Crippen LogP contribution in [0.2, 0.25) is 5.02 Å². The molecule has 1 N–H and O–H groups in total. The van der Waals surface area contributed by atoms with E-state index in [0.29, 0.717) is 27.5 Å². The molecule has 3 aromatic carbocycles. The largest absolute Gasteiger partial charge is 0.483 e. The van der Waals surface area contributed by atoms with Crippen LogP contribution in [0.1, 0.15) is 36.6 Å². The highest BCUT2D eigenvalue weighted by molar-refractivity contribution is 6.30. The second kappa shape index (κ2) is 9.02. The smallest absolute Gasteiger partial charge is 0.318 e. The molecule has 30 heavy (non-hydrogen) atoms. The number of ether oxygens (including phenoxy) is 1. The van der Waals surface area contributed by atoms with Crippen LogP contribution >= 0.6 is 11.6 Å². The van der Waals surface area contributed by atoms with Crippen LogP contribution in [-0.2, 0) is 10.2 Å². The predicted octanol–water partition coefficient (Wildman–Crippen LogP) is 6.01. The van der Waals surface area contributed by atoms with Gasteiger partial charge in [-0.05, 0) is 41.3 Å². The predicted molar refractivity (Wildman–Crippen MR) is 117 cm³/mol. The summed E-state index contributed by atoms with van der Waals surface area (Å²) in [5.74, 6) is -1.01. The van der Waals surface area contributed by atoms with Crippen LogP contribution in [0.5, 0.6) is 5.75 Å². The zero-order valence-corrected chi connectivity index (χ0v) is 17.5. The Labute approximate surface area is 181 Å². The van der Waals surface area contributed by atoms with Crippen LogP contribution in [0.15, 0.2) is 78.9 Å². The van der Waals surface area contributed by atoms with E-state index in [9.17, 15) is 15.2 Å². The molecule has 0 amide bonds. The molecule has 0 aliphatic rings. The fraction of sp³-hybridized carbons (Fsp3) is 0.200. The molecule has 0 saturated carbocycles. The molecule has 2 atom stereocenters. The number of carbonyl (C=O) groups is 1. The summed E-state index contributed by atoms with van der Waals surface area (Å²) >= 11 is 6.07. The van der Waals surface area contributed by atoms with Crippen LogP contribution in [0.25, 0.3) is 0 Å². The quantitative estimate of drug-likeness (QED) is 0.509. The van der Waals surface area contributed by atoms with Crippen LogP contribution in [0, 0.1) is 17.2 Å². The zero-order chi connectivity index (χ0) is 21.7. The van der Waals surface area contributed by atoms with E-state index < -0.39 is 17.5 Å². The van der Waals surface area contributed by atoms with Gasteiger partial charge in [-0.1, -0.05) is 80.0 Å². The number of para-hydroxylation sites is 1. The molecule has 2 unspecified atom stereocenters. The van der Waals surface area contributed by atoms with Gasteiger partial charge in [0.25, 0.3) is 0 Å². The van der Waals surface area contributed by atoms with Crippen LogP contribution in [0.4, 0.5) is 0 Å². The fourth-order valence-corrected chi connectivity index (χ4v) is 3.96. The summed E-state index contributed by atoms with van der Waals surface area (Å²) < 4.78 is 6.36. The van der Waals surface area contributed by atoms with E-state index in [0.717, 1.165) is 0 Å². The molecule has 0 aliphatic carbocycles. The summed E-state index contributed by atoms with van der Waals surface area (Å²) in [7, 11) is 0. The van der Waals surface area contributed by atoms with Gasteiger partial charge in [0.15, 0.2) is 0 Å². The van der Waals surface area contributed by atoms with E-state index in [1.54, 1.807) is 48.5 Å². The first-order chi connectivity index (χ1) is 14.4. The number of carboxylic acids is 1.